The van der Waals surface area contributed by atoms with Crippen molar-refractivity contribution >= 4 is 43.9 Å². The number of aromatic nitrogens is 3. The molecular weight excluding hydrogens is 480 g/mol. The third kappa shape index (κ3) is 4.50. The number of amides is 1. The maximum Gasteiger partial charge on any atom is 0.274 e. The molecule has 0 saturated heterocycles. The lowest BCUT2D eigenvalue weighted by Crippen LogP contribution is -2.24. The number of halogens is 1. The molecule has 0 aliphatic heterocycles. The van der Waals surface area contributed by atoms with E-state index in [2.05, 4.69) is 15.3 Å². The Balaban J connectivity index is 1.76. The molecule has 0 saturated carbocycles. The van der Waals surface area contributed by atoms with E-state index >= 15 is 0 Å². The highest BCUT2D eigenvalue weighted by molar-refractivity contribution is 7.90. The summed E-state index contributed by atoms with van der Waals surface area (Å²) in [6.07, 6.45) is 2.44. The molecule has 2 N–H and O–H groups in total. The zero-order chi connectivity index (χ0) is 24.6. The summed E-state index contributed by atoms with van der Waals surface area (Å²) in [6.45, 7) is 1.55. The Morgan fingerprint density at radius 1 is 1.18 bits per heavy atom. The molecule has 0 unspecified atom stereocenters. The summed E-state index contributed by atoms with van der Waals surface area (Å²) in [6, 6.07) is 12.6. The molecule has 4 aromatic rings. The van der Waals surface area contributed by atoms with Crippen LogP contribution < -0.4 is 10.9 Å². The molecule has 0 fully saturated rings. The summed E-state index contributed by atoms with van der Waals surface area (Å²) in [5.74, 6) is -0.848. The normalized spacial score (nSPS) is 11.5. The predicted octanol–water partition coefficient (Wildman–Crippen LogP) is 3.16. The van der Waals surface area contributed by atoms with Gasteiger partial charge >= 0.3 is 0 Å². The number of aryl methyl sites for hydroxylation is 1. The van der Waals surface area contributed by atoms with Gasteiger partial charge in [-0.25, -0.2) is 18.4 Å². The Hall–Kier alpha value is -3.76. The van der Waals surface area contributed by atoms with Crippen LogP contribution in [-0.2, 0) is 16.4 Å². The van der Waals surface area contributed by atoms with Crippen molar-refractivity contribution in [3.63, 3.8) is 0 Å². The van der Waals surface area contributed by atoms with Gasteiger partial charge in [0, 0.05) is 6.26 Å². The first kappa shape index (κ1) is 23.4. The average Bonchev–Trinajstić information content (AvgIpc) is 2.78. The molecule has 0 aliphatic carbocycles. The van der Waals surface area contributed by atoms with E-state index in [1.54, 1.807) is 43.3 Å². The minimum absolute atomic E-state index is 0.0262. The van der Waals surface area contributed by atoms with Crippen LogP contribution in [0, 0.1) is 6.92 Å². The second-order valence-corrected chi connectivity index (χ2v) is 10.0. The number of aromatic hydroxyl groups is 1. The van der Waals surface area contributed by atoms with Gasteiger partial charge in [0.15, 0.2) is 20.7 Å². The standard InChI is InChI=1S/C23H19ClN4O5S/c1-13-10-17(26-21(24)20(13)29)22(30)27-16-8-5-7-15-19(16)23(31)28(12-25-15)11-14-6-3-4-9-18(14)34(2,32)33/h3-10,12,29H,11H2,1-2H3,(H,27,30). The number of benzene rings is 2. The molecule has 34 heavy (non-hydrogen) atoms. The number of nitrogens with zero attached hydrogens (tertiary/aromatic N) is 3. The van der Waals surface area contributed by atoms with Crippen molar-refractivity contribution < 1.29 is 18.3 Å². The number of fused-ring (bicyclic) bond motifs is 1. The molecular formula is C23H19ClN4O5S. The third-order valence-electron chi connectivity index (χ3n) is 5.19. The van der Waals surface area contributed by atoms with Gasteiger partial charge in [-0.3, -0.25) is 14.2 Å². The van der Waals surface area contributed by atoms with E-state index in [9.17, 15) is 23.1 Å². The van der Waals surface area contributed by atoms with E-state index < -0.39 is 21.3 Å². The number of pyridine rings is 1. The van der Waals surface area contributed by atoms with Gasteiger partial charge in [-0.2, -0.15) is 0 Å². The monoisotopic (exact) mass is 498 g/mol. The minimum atomic E-state index is -3.50. The number of hydrogen-bond donors (Lipinski definition) is 2. The van der Waals surface area contributed by atoms with Crippen LogP contribution in [0.4, 0.5) is 5.69 Å². The zero-order valence-corrected chi connectivity index (χ0v) is 19.7. The highest BCUT2D eigenvalue weighted by Crippen LogP contribution is 2.26. The molecule has 2 heterocycles. The number of nitrogens with one attached hydrogen (secondary N) is 1. The molecule has 0 radical (unpaired) electrons. The van der Waals surface area contributed by atoms with Crippen molar-refractivity contribution in [3.05, 3.63) is 87.2 Å². The van der Waals surface area contributed by atoms with E-state index in [1.165, 1.54) is 23.0 Å². The number of sulfone groups is 1. The Kier molecular flexibility index (Phi) is 6.11. The zero-order valence-electron chi connectivity index (χ0n) is 18.1. The second kappa shape index (κ2) is 8.88. The van der Waals surface area contributed by atoms with Crippen LogP contribution in [-0.4, -0.2) is 40.2 Å². The maximum atomic E-state index is 13.3. The fraction of sp³-hybridized carbons (Fsp3) is 0.130. The molecule has 0 atom stereocenters. The van der Waals surface area contributed by atoms with Gasteiger partial charge in [-0.05, 0) is 42.3 Å². The first-order valence-corrected chi connectivity index (χ1v) is 12.3. The fourth-order valence-corrected chi connectivity index (χ4v) is 4.70. The predicted molar refractivity (Wildman–Crippen MR) is 128 cm³/mol. The smallest absolute Gasteiger partial charge is 0.274 e. The second-order valence-electron chi connectivity index (χ2n) is 7.68. The topological polar surface area (TPSA) is 131 Å². The number of anilines is 1. The van der Waals surface area contributed by atoms with Gasteiger partial charge < -0.3 is 10.4 Å². The first-order valence-electron chi connectivity index (χ1n) is 10.00. The van der Waals surface area contributed by atoms with E-state index in [-0.39, 0.29) is 39.1 Å². The van der Waals surface area contributed by atoms with Crippen molar-refractivity contribution in [1.82, 2.24) is 14.5 Å². The van der Waals surface area contributed by atoms with Crippen molar-refractivity contribution in [1.29, 1.82) is 0 Å². The summed E-state index contributed by atoms with van der Waals surface area (Å²) in [7, 11) is -3.50. The Labute approximate surface area is 199 Å². The minimum Gasteiger partial charge on any atom is -0.505 e. The number of rotatable bonds is 5. The summed E-state index contributed by atoms with van der Waals surface area (Å²) in [5.41, 5.74) is 0.864. The van der Waals surface area contributed by atoms with E-state index in [0.717, 1.165) is 6.26 Å². The van der Waals surface area contributed by atoms with Gasteiger partial charge in [0.1, 0.15) is 5.69 Å². The summed E-state index contributed by atoms with van der Waals surface area (Å²) < 4.78 is 25.6. The number of carbonyl (C=O) groups excluding carboxylic acids is 1. The Morgan fingerprint density at radius 3 is 2.62 bits per heavy atom. The molecule has 174 valence electrons. The molecule has 0 aliphatic rings. The van der Waals surface area contributed by atoms with Crippen LogP contribution >= 0.6 is 11.6 Å². The maximum absolute atomic E-state index is 13.3. The summed E-state index contributed by atoms with van der Waals surface area (Å²) >= 11 is 5.88. The average molecular weight is 499 g/mol. The lowest BCUT2D eigenvalue weighted by atomic mass is 10.1. The van der Waals surface area contributed by atoms with Crippen LogP contribution in [0.5, 0.6) is 5.75 Å². The molecule has 4 rings (SSSR count). The fourth-order valence-electron chi connectivity index (χ4n) is 3.53. The van der Waals surface area contributed by atoms with Crippen molar-refractivity contribution in [3.8, 4) is 5.75 Å². The molecule has 9 nitrogen and oxygen atoms in total. The van der Waals surface area contributed by atoms with Gasteiger partial charge in [0.25, 0.3) is 11.5 Å². The third-order valence-corrected chi connectivity index (χ3v) is 6.65. The molecule has 2 aromatic heterocycles. The summed E-state index contributed by atoms with van der Waals surface area (Å²) in [4.78, 5) is 34.5. The lowest BCUT2D eigenvalue weighted by Gasteiger charge is -2.13. The molecule has 0 spiro atoms. The van der Waals surface area contributed by atoms with Gasteiger partial charge in [0.05, 0.1) is 34.4 Å². The number of carbonyl (C=O) groups is 1. The van der Waals surface area contributed by atoms with Gasteiger partial charge in [-0.15, -0.1) is 0 Å². The molecule has 11 heteroatoms. The molecule has 1 amide bonds. The first-order chi connectivity index (χ1) is 16.1. The lowest BCUT2D eigenvalue weighted by molar-refractivity contribution is 0.102. The van der Waals surface area contributed by atoms with Crippen LogP contribution in [0.2, 0.25) is 5.15 Å². The number of hydrogen-bond acceptors (Lipinski definition) is 7. The van der Waals surface area contributed by atoms with Crippen molar-refractivity contribution in [2.45, 2.75) is 18.4 Å². The van der Waals surface area contributed by atoms with Crippen molar-refractivity contribution in [2.24, 2.45) is 0 Å². The van der Waals surface area contributed by atoms with Crippen LogP contribution in [0.15, 0.2) is 64.5 Å². The Bertz CT molecular complexity index is 1590. The quantitative estimate of drug-likeness (QED) is 0.404. The Morgan fingerprint density at radius 2 is 1.91 bits per heavy atom. The van der Waals surface area contributed by atoms with Crippen LogP contribution in [0.25, 0.3) is 10.9 Å². The van der Waals surface area contributed by atoms with E-state index in [4.69, 9.17) is 11.6 Å². The highest BCUT2D eigenvalue weighted by atomic mass is 35.5. The van der Waals surface area contributed by atoms with Gasteiger partial charge in [0.2, 0.25) is 0 Å². The summed E-state index contributed by atoms with van der Waals surface area (Å²) in [5, 5.41) is 12.4. The SMILES string of the molecule is Cc1cc(C(=O)Nc2cccc3ncn(Cc4ccccc4S(C)(=O)=O)c(=O)c23)nc(Cl)c1O. The molecule has 0 bridgehead atoms. The molecule has 2 aromatic carbocycles. The van der Waals surface area contributed by atoms with E-state index in [1.807, 2.05) is 0 Å². The van der Waals surface area contributed by atoms with Crippen molar-refractivity contribution in [2.75, 3.05) is 11.6 Å². The van der Waals surface area contributed by atoms with Crippen LogP contribution in [0.3, 0.4) is 0 Å². The largest absolute Gasteiger partial charge is 0.505 e. The van der Waals surface area contributed by atoms with Crippen LogP contribution in [0.1, 0.15) is 21.6 Å². The highest BCUT2D eigenvalue weighted by Gasteiger charge is 2.18. The van der Waals surface area contributed by atoms with Gasteiger partial charge in [-0.1, -0.05) is 35.9 Å². The van der Waals surface area contributed by atoms with E-state index in [0.29, 0.717) is 16.6 Å².